The van der Waals surface area contributed by atoms with Crippen molar-refractivity contribution in [3.05, 3.63) is 34.9 Å². The minimum Gasteiger partial charge on any atom is -0.0654 e. The summed E-state index contributed by atoms with van der Waals surface area (Å²) < 4.78 is 0. The number of hydrogen-bond acceptors (Lipinski definition) is 0. The minimum atomic E-state index is 0.348. The van der Waals surface area contributed by atoms with Crippen LogP contribution < -0.4 is 0 Å². The molecular weight excluding hydrogens is 192 g/mol. The quantitative estimate of drug-likeness (QED) is 0.665. The molecule has 0 aromatic heterocycles. The number of aryl methyl sites for hydroxylation is 1. The molecule has 2 rings (SSSR count). The van der Waals surface area contributed by atoms with Crippen molar-refractivity contribution in [3.63, 3.8) is 0 Å². The van der Waals surface area contributed by atoms with Gasteiger partial charge in [-0.05, 0) is 41.7 Å². The van der Waals surface area contributed by atoms with Gasteiger partial charge in [0.1, 0.15) is 0 Å². The molecule has 1 aromatic rings. The van der Waals surface area contributed by atoms with Crippen LogP contribution in [0.15, 0.2) is 18.2 Å². The fraction of sp³-hybridized carbons (Fsp3) is 0.625. The maximum Gasteiger partial charge on any atom is -0.00692 e. The Bertz CT molecular complexity index is 387. The Kier molecular flexibility index (Phi) is 2.86. The summed E-state index contributed by atoms with van der Waals surface area (Å²) in [5, 5.41) is 0. The molecular formula is C16H24. The zero-order valence-electron chi connectivity index (χ0n) is 11.3. The predicted molar refractivity (Wildman–Crippen MR) is 71.0 cm³/mol. The fourth-order valence-electron chi connectivity index (χ4n) is 3.29. The highest BCUT2D eigenvalue weighted by molar-refractivity contribution is 5.45. The highest BCUT2D eigenvalue weighted by atomic mass is 14.5. The van der Waals surface area contributed by atoms with Crippen LogP contribution in [0, 0.1) is 12.8 Å². The summed E-state index contributed by atoms with van der Waals surface area (Å²) in [7, 11) is 0. The molecule has 2 atom stereocenters. The summed E-state index contributed by atoms with van der Waals surface area (Å²) >= 11 is 0. The molecule has 0 N–H and O–H groups in total. The van der Waals surface area contributed by atoms with Gasteiger partial charge in [0, 0.05) is 0 Å². The van der Waals surface area contributed by atoms with Gasteiger partial charge in [0.2, 0.25) is 0 Å². The van der Waals surface area contributed by atoms with Gasteiger partial charge in [0.15, 0.2) is 0 Å². The first-order chi connectivity index (χ1) is 7.48. The van der Waals surface area contributed by atoms with E-state index < -0.39 is 0 Å². The van der Waals surface area contributed by atoms with Gasteiger partial charge >= 0.3 is 0 Å². The monoisotopic (exact) mass is 216 g/mol. The van der Waals surface area contributed by atoms with Crippen LogP contribution in [0.1, 0.15) is 63.1 Å². The normalized spacial score (nSPS) is 26.8. The Morgan fingerprint density at radius 1 is 1.25 bits per heavy atom. The first kappa shape index (κ1) is 11.7. The van der Waals surface area contributed by atoms with Gasteiger partial charge in [-0.3, -0.25) is 0 Å². The van der Waals surface area contributed by atoms with Crippen LogP contribution in [0.3, 0.4) is 0 Å². The second-order valence-corrected chi connectivity index (χ2v) is 6.00. The molecule has 88 valence electrons. The number of fused-ring (bicyclic) bond motifs is 1. The summed E-state index contributed by atoms with van der Waals surface area (Å²) in [6, 6.07) is 7.05. The molecule has 2 unspecified atom stereocenters. The first-order valence-corrected chi connectivity index (χ1v) is 6.59. The third-order valence-electron chi connectivity index (χ3n) is 4.64. The van der Waals surface area contributed by atoms with Crippen molar-refractivity contribution in [3.8, 4) is 0 Å². The largest absolute Gasteiger partial charge is 0.0654 e. The zero-order chi connectivity index (χ0) is 11.9. The van der Waals surface area contributed by atoms with E-state index in [0.29, 0.717) is 5.41 Å². The highest BCUT2D eigenvalue weighted by Crippen LogP contribution is 2.51. The van der Waals surface area contributed by atoms with Gasteiger partial charge in [-0.15, -0.1) is 0 Å². The molecule has 0 saturated carbocycles. The highest BCUT2D eigenvalue weighted by Gasteiger charge is 2.42. The zero-order valence-corrected chi connectivity index (χ0v) is 11.3. The molecule has 0 heterocycles. The molecule has 0 spiro atoms. The number of benzene rings is 1. The minimum absolute atomic E-state index is 0.348. The van der Waals surface area contributed by atoms with Crippen molar-refractivity contribution in [1.29, 1.82) is 0 Å². The maximum absolute atomic E-state index is 2.43. The SMILES string of the molecule is CCCC1c2ccc(C)cc2C(C)(C)C1C. The molecule has 1 aliphatic rings. The van der Waals surface area contributed by atoms with E-state index in [1.54, 1.807) is 11.1 Å². The van der Waals surface area contributed by atoms with Crippen LogP contribution in [0.5, 0.6) is 0 Å². The van der Waals surface area contributed by atoms with Crippen molar-refractivity contribution in [2.45, 2.75) is 58.8 Å². The molecule has 0 radical (unpaired) electrons. The standard InChI is InChI=1S/C16H24/c1-6-7-13-12(3)16(4,5)15-10-11(2)8-9-14(13)15/h8-10,12-13H,6-7H2,1-5H3. The molecule has 1 aromatic carbocycles. The van der Waals surface area contributed by atoms with Crippen LogP contribution >= 0.6 is 0 Å². The molecule has 0 saturated heterocycles. The molecule has 0 amide bonds. The third-order valence-corrected chi connectivity index (χ3v) is 4.64. The van der Waals surface area contributed by atoms with Gasteiger partial charge in [-0.1, -0.05) is 57.9 Å². The maximum atomic E-state index is 2.43. The van der Waals surface area contributed by atoms with Crippen LogP contribution in [-0.4, -0.2) is 0 Å². The molecule has 0 fully saturated rings. The summed E-state index contributed by atoms with van der Waals surface area (Å²) in [5.74, 6) is 1.54. The second kappa shape index (κ2) is 3.91. The van der Waals surface area contributed by atoms with Crippen LogP contribution in [0.2, 0.25) is 0 Å². The Morgan fingerprint density at radius 2 is 1.94 bits per heavy atom. The molecule has 16 heavy (non-hydrogen) atoms. The van der Waals surface area contributed by atoms with E-state index in [1.165, 1.54) is 18.4 Å². The lowest BCUT2D eigenvalue weighted by atomic mass is 9.76. The molecule has 0 nitrogen and oxygen atoms in total. The van der Waals surface area contributed by atoms with Gasteiger partial charge < -0.3 is 0 Å². The Hall–Kier alpha value is -0.780. The van der Waals surface area contributed by atoms with Crippen molar-refractivity contribution in [2.24, 2.45) is 5.92 Å². The van der Waals surface area contributed by atoms with Crippen molar-refractivity contribution in [2.75, 3.05) is 0 Å². The van der Waals surface area contributed by atoms with Crippen LogP contribution in [0.25, 0.3) is 0 Å². The van der Waals surface area contributed by atoms with Crippen molar-refractivity contribution >= 4 is 0 Å². The number of hydrogen-bond donors (Lipinski definition) is 0. The Labute approximate surface area is 100 Å². The summed E-state index contributed by atoms with van der Waals surface area (Å²) in [6.07, 6.45) is 2.62. The lowest BCUT2D eigenvalue weighted by Gasteiger charge is -2.28. The van der Waals surface area contributed by atoms with Gasteiger partial charge in [-0.2, -0.15) is 0 Å². The van der Waals surface area contributed by atoms with E-state index in [-0.39, 0.29) is 0 Å². The van der Waals surface area contributed by atoms with E-state index >= 15 is 0 Å². The van der Waals surface area contributed by atoms with Gasteiger partial charge in [0.05, 0.1) is 0 Å². The lowest BCUT2D eigenvalue weighted by molar-refractivity contribution is 0.319. The average Bonchev–Trinajstić information content (AvgIpc) is 2.41. The average molecular weight is 216 g/mol. The third kappa shape index (κ3) is 1.59. The van der Waals surface area contributed by atoms with Gasteiger partial charge in [0.25, 0.3) is 0 Å². The molecule has 0 bridgehead atoms. The number of rotatable bonds is 2. The molecule has 0 heteroatoms. The molecule has 0 aliphatic heterocycles. The van der Waals surface area contributed by atoms with E-state index in [2.05, 4.69) is 52.8 Å². The Balaban J connectivity index is 2.51. The van der Waals surface area contributed by atoms with Crippen LogP contribution in [0.4, 0.5) is 0 Å². The van der Waals surface area contributed by atoms with E-state index in [1.807, 2.05) is 0 Å². The summed E-state index contributed by atoms with van der Waals surface area (Å²) in [6.45, 7) is 11.7. The first-order valence-electron chi connectivity index (χ1n) is 6.59. The topological polar surface area (TPSA) is 0 Å². The lowest BCUT2D eigenvalue weighted by Crippen LogP contribution is -2.23. The second-order valence-electron chi connectivity index (χ2n) is 6.00. The van der Waals surface area contributed by atoms with Crippen LogP contribution in [-0.2, 0) is 5.41 Å². The van der Waals surface area contributed by atoms with Crippen molar-refractivity contribution in [1.82, 2.24) is 0 Å². The van der Waals surface area contributed by atoms with E-state index in [0.717, 1.165) is 11.8 Å². The smallest absolute Gasteiger partial charge is 0.00692 e. The Morgan fingerprint density at radius 3 is 2.56 bits per heavy atom. The van der Waals surface area contributed by atoms with Crippen molar-refractivity contribution < 1.29 is 0 Å². The summed E-state index contributed by atoms with van der Waals surface area (Å²) in [5.41, 5.74) is 4.96. The van der Waals surface area contributed by atoms with Gasteiger partial charge in [-0.25, -0.2) is 0 Å². The summed E-state index contributed by atoms with van der Waals surface area (Å²) in [4.78, 5) is 0. The van der Waals surface area contributed by atoms with E-state index in [4.69, 9.17) is 0 Å². The predicted octanol–water partition coefficient (Wildman–Crippen LogP) is 4.81. The fourth-order valence-corrected chi connectivity index (χ4v) is 3.29. The van der Waals surface area contributed by atoms with E-state index in [9.17, 15) is 0 Å². The molecule has 1 aliphatic carbocycles.